The number of aromatic amines is 1. The van der Waals surface area contributed by atoms with Gasteiger partial charge in [-0.05, 0) is 19.8 Å². The van der Waals surface area contributed by atoms with Crippen molar-refractivity contribution in [2.45, 2.75) is 32.0 Å². The Bertz CT molecular complexity index is 468. The largest absolute Gasteiger partial charge is 0.477 e. The van der Waals surface area contributed by atoms with Crippen LogP contribution in [0.4, 0.5) is 0 Å². The number of ether oxygens (including phenoxy) is 1. The van der Waals surface area contributed by atoms with Gasteiger partial charge in [0.15, 0.2) is 0 Å². The number of carbonyl (C=O) groups is 1. The predicted molar refractivity (Wildman–Crippen MR) is 54.3 cm³/mol. The second-order valence-electron chi connectivity index (χ2n) is 3.83. The van der Waals surface area contributed by atoms with Gasteiger partial charge in [-0.1, -0.05) is 0 Å². The Balaban J connectivity index is 2.28. The van der Waals surface area contributed by atoms with E-state index in [4.69, 9.17) is 9.84 Å². The molecule has 0 saturated carbocycles. The van der Waals surface area contributed by atoms with E-state index in [1.54, 1.807) is 0 Å². The van der Waals surface area contributed by atoms with E-state index in [2.05, 4.69) is 9.97 Å². The molecular weight excluding hydrogens is 212 g/mol. The van der Waals surface area contributed by atoms with Crippen LogP contribution >= 0.6 is 0 Å². The van der Waals surface area contributed by atoms with Crippen molar-refractivity contribution >= 4 is 5.97 Å². The third-order valence-electron chi connectivity index (χ3n) is 2.59. The Hall–Kier alpha value is -1.69. The van der Waals surface area contributed by atoms with E-state index < -0.39 is 11.5 Å². The zero-order chi connectivity index (χ0) is 11.7. The molecule has 2 atom stereocenters. The van der Waals surface area contributed by atoms with Crippen LogP contribution in [0, 0.1) is 0 Å². The lowest BCUT2D eigenvalue weighted by Crippen LogP contribution is -2.21. The Kier molecular flexibility index (Phi) is 2.74. The summed E-state index contributed by atoms with van der Waals surface area (Å²) in [6.07, 6.45) is 2.69. The van der Waals surface area contributed by atoms with Gasteiger partial charge in [0.05, 0.1) is 6.10 Å². The molecule has 2 N–H and O–H groups in total. The summed E-state index contributed by atoms with van der Waals surface area (Å²) < 4.78 is 5.52. The highest BCUT2D eigenvalue weighted by Gasteiger charge is 2.25. The summed E-state index contributed by atoms with van der Waals surface area (Å²) >= 11 is 0. The quantitative estimate of drug-likeness (QED) is 0.771. The van der Waals surface area contributed by atoms with E-state index in [-0.39, 0.29) is 17.8 Å². The van der Waals surface area contributed by atoms with Crippen LogP contribution in [0.2, 0.25) is 0 Å². The molecule has 1 aliphatic heterocycles. The predicted octanol–water partition coefficient (Wildman–Crippen LogP) is 0.708. The number of carboxylic acid groups (broad SMARTS) is 1. The molecule has 6 nitrogen and oxygen atoms in total. The van der Waals surface area contributed by atoms with Gasteiger partial charge in [0.2, 0.25) is 0 Å². The van der Waals surface area contributed by atoms with Gasteiger partial charge >= 0.3 is 5.97 Å². The maximum Gasteiger partial charge on any atom is 0.342 e. The second-order valence-corrected chi connectivity index (χ2v) is 3.83. The van der Waals surface area contributed by atoms with Crippen molar-refractivity contribution in [3.8, 4) is 0 Å². The third kappa shape index (κ3) is 1.96. The van der Waals surface area contributed by atoms with Gasteiger partial charge in [0, 0.05) is 6.20 Å². The van der Waals surface area contributed by atoms with E-state index in [1.807, 2.05) is 6.92 Å². The molecule has 0 radical (unpaired) electrons. The molecule has 0 aliphatic carbocycles. The molecule has 2 heterocycles. The summed E-state index contributed by atoms with van der Waals surface area (Å²) in [6.45, 7) is 1.95. The van der Waals surface area contributed by atoms with Crippen molar-refractivity contribution in [1.82, 2.24) is 9.97 Å². The number of rotatable bonds is 2. The van der Waals surface area contributed by atoms with Gasteiger partial charge in [-0.25, -0.2) is 9.78 Å². The van der Waals surface area contributed by atoms with Crippen LogP contribution in [-0.4, -0.2) is 27.1 Å². The molecule has 2 unspecified atom stereocenters. The number of nitrogens with zero attached hydrogens (tertiary/aromatic N) is 1. The highest BCUT2D eigenvalue weighted by Crippen LogP contribution is 2.29. The fourth-order valence-corrected chi connectivity index (χ4v) is 1.73. The number of H-pyrrole nitrogens is 1. The molecule has 0 spiro atoms. The summed E-state index contributed by atoms with van der Waals surface area (Å²) in [4.78, 5) is 28.4. The SMILES string of the molecule is CC1CCC(c2ncc(C(=O)O)c(=O)[nH]2)O1. The van der Waals surface area contributed by atoms with Crippen molar-refractivity contribution in [3.63, 3.8) is 0 Å². The zero-order valence-corrected chi connectivity index (χ0v) is 8.77. The number of aromatic carboxylic acids is 1. The summed E-state index contributed by atoms with van der Waals surface area (Å²) in [5.41, 5.74) is -0.990. The van der Waals surface area contributed by atoms with Gasteiger partial charge < -0.3 is 14.8 Å². The molecule has 0 aromatic carbocycles. The number of hydrogen-bond acceptors (Lipinski definition) is 4. The van der Waals surface area contributed by atoms with Crippen LogP contribution in [-0.2, 0) is 4.74 Å². The average molecular weight is 224 g/mol. The van der Waals surface area contributed by atoms with Crippen LogP contribution in [0.3, 0.4) is 0 Å². The molecule has 1 fully saturated rings. The Morgan fingerprint density at radius 1 is 1.62 bits per heavy atom. The number of carboxylic acids is 1. The van der Waals surface area contributed by atoms with E-state index in [1.165, 1.54) is 0 Å². The number of hydrogen-bond donors (Lipinski definition) is 2. The Morgan fingerprint density at radius 3 is 2.88 bits per heavy atom. The maximum absolute atomic E-state index is 11.4. The Labute approximate surface area is 91.3 Å². The monoisotopic (exact) mass is 224 g/mol. The highest BCUT2D eigenvalue weighted by molar-refractivity contribution is 5.86. The van der Waals surface area contributed by atoms with Crippen LogP contribution in [0.25, 0.3) is 0 Å². The van der Waals surface area contributed by atoms with Gasteiger partial charge in [-0.3, -0.25) is 4.79 Å². The maximum atomic E-state index is 11.4. The lowest BCUT2D eigenvalue weighted by molar-refractivity contribution is 0.0499. The van der Waals surface area contributed by atoms with E-state index in [0.29, 0.717) is 5.82 Å². The normalized spacial score (nSPS) is 24.6. The average Bonchev–Trinajstić information content (AvgIpc) is 2.64. The van der Waals surface area contributed by atoms with Gasteiger partial charge in [0.1, 0.15) is 17.5 Å². The third-order valence-corrected chi connectivity index (χ3v) is 2.59. The van der Waals surface area contributed by atoms with E-state index in [9.17, 15) is 9.59 Å². The van der Waals surface area contributed by atoms with E-state index in [0.717, 1.165) is 19.0 Å². The van der Waals surface area contributed by atoms with Gasteiger partial charge in [0.25, 0.3) is 5.56 Å². The second kappa shape index (κ2) is 4.05. The minimum atomic E-state index is -1.28. The summed E-state index contributed by atoms with van der Waals surface area (Å²) in [5, 5.41) is 8.67. The first-order valence-electron chi connectivity index (χ1n) is 5.06. The van der Waals surface area contributed by atoms with E-state index >= 15 is 0 Å². The first-order valence-corrected chi connectivity index (χ1v) is 5.06. The topological polar surface area (TPSA) is 92.3 Å². The standard InChI is InChI=1S/C10H12N2O4/c1-5-2-3-7(16-5)8-11-4-6(10(14)15)9(13)12-8/h4-5,7H,2-3H2,1H3,(H,14,15)(H,11,12,13). The van der Waals surface area contributed by atoms with Crippen molar-refractivity contribution in [3.05, 3.63) is 27.9 Å². The molecule has 6 heteroatoms. The van der Waals surface area contributed by atoms with Crippen LogP contribution in [0.5, 0.6) is 0 Å². The van der Waals surface area contributed by atoms with Crippen molar-refractivity contribution in [2.24, 2.45) is 0 Å². The van der Waals surface area contributed by atoms with Crippen molar-refractivity contribution < 1.29 is 14.6 Å². The smallest absolute Gasteiger partial charge is 0.342 e. The minimum Gasteiger partial charge on any atom is -0.477 e. The summed E-state index contributed by atoms with van der Waals surface area (Å²) in [5.74, 6) is -0.875. The summed E-state index contributed by atoms with van der Waals surface area (Å²) in [6, 6.07) is 0. The zero-order valence-electron chi connectivity index (χ0n) is 8.77. The number of nitrogens with one attached hydrogen (secondary N) is 1. The van der Waals surface area contributed by atoms with Crippen molar-refractivity contribution in [1.29, 1.82) is 0 Å². The summed E-state index contributed by atoms with van der Waals surface area (Å²) in [7, 11) is 0. The minimum absolute atomic E-state index is 0.148. The molecule has 1 aromatic rings. The lowest BCUT2D eigenvalue weighted by atomic mass is 10.2. The first kappa shape index (κ1) is 10.8. The Morgan fingerprint density at radius 2 is 2.38 bits per heavy atom. The van der Waals surface area contributed by atoms with Crippen LogP contribution in [0.15, 0.2) is 11.0 Å². The molecule has 1 aromatic heterocycles. The number of aromatic nitrogens is 2. The fraction of sp³-hybridized carbons (Fsp3) is 0.500. The molecule has 86 valence electrons. The lowest BCUT2D eigenvalue weighted by Gasteiger charge is -2.09. The van der Waals surface area contributed by atoms with Crippen molar-refractivity contribution in [2.75, 3.05) is 0 Å². The molecule has 1 aliphatic rings. The fourth-order valence-electron chi connectivity index (χ4n) is 1.73. The first-order chi connectivity index (χ1) is 7.58. The molecule has 0 amide bonds. The molecule has 0 bridgehead atoms. The van der Waals surface area contributed by atoms with Gasteiger partial charge in [-0.2, -0.15) is 0 Å². The molecule has 1 saturated heterocycles. The highest BCUT2D eigenvalue weighted by atomic mass is 16.5. The van der Waals surface area contributed by atoms with Crippen LogP contribution in [0.1, 0.15) is 42.1 Å². The van der Waals surface area contributed by atoms with Gasteiger partial charge in [-0.15, -0.1) is 0 Å². The van der Waals surface area contributed by atoms with Crippen LogP contribution < -0.4 is 5.56 Å². The molecule has 2 rings (SSSR count). The molecular formula is C10H12N2O4. The molecule has 16 heavy (non-hydrogen) atoms.